The molecular formula is C16H16INOS. The second-order valence-electron chi connectivity index (χ2n) is 4.35. The highest BCUT2D eigenvalue weighted by atomic mass is 127. The van der Waals surface area contributed by atoms with E-state index in [9.17, 15) is 4.79 Å². The SMILES string of the molecule is O=C(CCSCc1ccccc1)Nc1cccc(I)c1. The Hall–Kier alpha value is -1.01. The Morgan fingerprint density at radius 1 is 1.10 bits per heavy atom. The number of hydrogen-bond acceptors (Lipinski definition) is 2. The number of hydrogen-bond donors (Lipinski definition) is 1. The van der Waals surface area contributed by atoms with Crippen LogP contribution in [-0.2, 0) is 10.5 Å². The molecule has 0 saturated heterocycles. The topological polar surface area (TPSA) is 29.1 Å². The van der Waals surface area contributed by atoms with Crippen LogP contribution in [0.4, 0.5) is 5.69 Å². The zero-order valence-corrected chi connectivity index (χ0v) is 14.0. The average Bonchev–Trinajstić information content (AvgIpc) is 2.45. The van der Waals surface area contributed by atoms with Crippen molar-refractivity contribution in [1.29, 1.82) is 0 Å². The van der Waals surface area contributed by atoms with Crippen LogP contribution < -0.4 is 5.32 Å². The van der Waals surface area contributed by atoms with Gasteiger partial charge in [-0.2, -0.15) is 11.8 Å². The number of benzene rings is 2. The molecule has 0 atom stereocenters. The van der Waals surface area contributed by atoms with Gasteiger partial charge < -0.3 is 5.32 Å². The summed E-state index contributed by atoms with van der Waals surface area (Å²) in [5.74, 6) is 1.87. The molecule has 1 amide bonds. The Morgan fingerprint density at radius 3 is 2.65 bits per heavy atom. The van der Waals surface area contributed by atoms with Gasteiger partial charge in [-0.05, 0) is 46.4 Å². The van der Waals surface area contributed by atoms with Gasteiger partial charge in [0.15, 0.2) is 0 Å². The molecule has 0 saturated carbocycles. The largest absolute Gasteiger partial charge is 0.326 e. The average molecular weight is 397 g/mol. The standard InChI is InChI=1S/C16H16INOS/c17-14-7-4-8-15(11-14)18-16(19)9-10-20-12-13-5-2-1-3-6-13/h1-8,11H,9-10,12H2,(H,18,19). The molecule has 0 aliphatic carbocycles. The number of anilines is 1. The predicted molar refractivity (Wildman–Crippen MR) is 95.0 cm³/mol. The van der Waals surface area contributed by atoms with E-state index in [0.717, 1.165) is 20.8 Å². The smallest absolute Gasteiger partial charge is 0.225 e. The summed E-state index contributed by atoms with van der Waals surface area (Å²) < 4.78 is 1.12. The number of carbonyl (C=O) groups is 1. The maximum atomic E-state index is 11.8. The van der Waals surface area contributed by atoms with Crippen molar-refractivity contribution in [1.82, 2.24) is 0 Å². The summed E-state index contributed by atoms with van der Waals surface area (Å²) in [4.78, 5) is 11.8. The van der Waals surface area contributed by atoms with Crippen molar-refractivity contribution in [2.24, 2.45) is 0 Å². The molecule has 0 bridgehead atoms. The van der Waals surface area contributed by atoms with E-state index in [1.807, 2.05) is 42.5 Å². The Kier molecular flexibility index (Phi) is 6.39. The van der Waals surface area contributed by atoms with Crippen LogP contribution in [0.25, 0.3) is 0 Å². The van der Waals surface area contributed by atoms with E-state index in [0.29, 0.717) is 6.42 Å². The molecular weight excluding hydrogens is 381 g/mol. The molecule has 0 radical (unpaired) electrons. The van der Waals surface area contributed by atoms with Crippen molar-refractivity contribution < 1.29 is 4.79 Å². The normalized spacial score (nSPS) is 10.2. The van der Waals surface area contributed by atoms with E-state index in [1.165, 1.54) is 5.56 Å². The minimum Gasteiger partial charge on any atom is -0.326 e. The minimum absolute atomic E-state index is 0.0764. The number of nitrogens with one attached hydrogen (secondary N) is 1. The van der Waals surface area contributed by atoms with Gasteiger partial charge in [-0.3, -0.25) is 4.79 Å². The Balaban J connectivity index is 1.68. The first-order valence-electron chi connectivity index (χ1n) is 6.41. The van der Waals surface area contributed by atoms with E-state index >= 15 is 0 Å². The zero-order chi connectivity index (χ0) is 14.2. The molecule has 0 heterocycles. The van der Waals surface area contributed by atoms with Crippen molar-refractivity contribution in [2.45, 2.75) is 12.2 Å². The molecule has 2 rings (SSSR count). The van der Waals surface area contributed by atoms with Gasteiger partial charge >= 0.3 is 0 Å². The van der Waals surface area contributed by atoms with E-state index in [1.54, 1.807) is 11.8 Å². The summed E-state index contributed by atoms with van der Waals surface area (Å²) in [5, 5.41) is 2.92. The number of rotatable bonds is 6. The summed E-state index contributed by atoms with van der Waals surface area (Å²) in [5.41, 5.74) is 2.17. The fourth-order valence-electron chi connectivity index (χ4n) is 1.72. The fraction of sp³-hybridized carbons (Fsp3) is 0.188. The third-order valence-corrected chi connectivity index (χ3v) is 4.39. The van der Waals surface area contributed by atoms with Crippen LogP contribution in [0.15, 0.2) is 54.6 Å². The number of amides is 1. The van der Waals surface area contributed by atoms with Crippen LogP contribution in [-0.4, -0.2) is 11.7 Å². The monoisotopic (exact) mass is 397 g/mol. The van der Waals surface area contributed by atoms with Gasteiger partial charge in [-0.25, -0.2) is 0 Å². The summed E-state index contributed by atoms with van der Waals surface area (Å²) in [7, 11) is 0. The molecule has 4 heteroatoms. The molecule has 0 aromatic heterocycles. The highest BCUT2D eigenvalue weighted by Gasteiger charge is 2.03. The number of halogens is 1. The van der Waals surface area contributed by atoms with Crippen molar-refractivity contribution >= 4 is 45.9 Å². The van der Waals surface area contributed by atoms with E-state index in [-0.39, 0.29) is 5.91 Å². The van der Waals surface area contributed by atoms with Gasteiger partial charge in [-0.1, -0.05) is 36.4 Å². The van der Waals surface area contributed by atoms with Crippen LogP contribution in [0.1, 0.15) is 12.0 Å². The lowest BCUT2D eigenvalue weighted by atomic mass is 10.2. The third-order valence-electron chi connectivity index (χ3n) is 2.69. The molecule has 0 spiro atoms. The van der Waals surface area contributed by atoms with E-state index in [2.05, 4.69) is 40.0 Å². The van der Waals surface area contributed by atoms with Crippen molar-refractivity contribution in [2.75, 3.05) is 11.1 Å². The predicted octanol–water partition coefficient (Wildman–Crippen LogP) is 4.55. The molecule has 20 heavy (non-hydrogen) atoms. The quantitative estimate of drug-likeness (QED) is 0.572. The lowest BCUT2D eigenvalue weighted by Crippen LogP contribution is -2.12. The summed E-state index contributed by atoms with van der Waals surface area (Å²) in [6, 6.07) is 18.2. The second-order valence-corrected chi connectivity index (χ2v) is 6.70. The summed E-state index contributed by atoms with van der Waals surface area (Å²) in [6.07, 6.45) is 0.545. The Labute approximate surface area is 137 Å². The van der Waals surface area contributed by atoms with Gasteiger partial charge in [0.1, 0.15) is 0 Å². The van der Waals surface area contributed by atoms with Crippen LogP contribution >= 0.6 is 34.4 Å². The molecule has 0 unspecified atom stereocenters. The molecule has 1 N–H and O–H groups in total. The first kappa shape index (κ1) is 15.4. The molecule has 104 valence electrons. The lowest BCUT2D eigenvalue weighted by molar-refractivity contribution is -0.115. The van der Waals surface area contributed by atoms with Gasteiger partial charge in [-0.15, -0.1) is 0 Å². The van der Waals surface area contributed by atoms with Crippen LogP contribution in [0.2, 0.25) is 0 Å². The fourth-order valence-corrected chi connectivity index (χ4v) is 3.16. The first-order chi connectivity index (χ1) is 9.74. The number of carbonyl (C=O) groups excluding carboxylic acids is 1. The van der Waals surface area contributed by atoms with Crippen molar-refractivity contribution in [3.8, 4) is 0 Å². The molecule has 0 aliphatic rings. The molecule has 2 nitrogen and oxygen atoms in total. The maximum Gasteiger partial charge on any atom is 0.225 e. The Morgan fingerprint density at radius 2 is 1.90 bits per heavy atom. The Bertz CT molecular complexity index is 559. The minimum atomic E-state index is 0.0764. The van der Waals surface area contributed by atoms with Crippen molar-refractivity contribution in [3.05, 3.63) is 63.7 Å². The molecule has 2 aromatic rings. The van der Waals surface area contributed by atoms with Gasteiger partial charge in [0.2, 0.25) is 5.91 Å². The molecule has 0 aliphatic heterocycles. The zero-order valence-electron chi connectivity index (χ0n) is 11.0. The van der Waals surface area contributed by atoms with Gasteiger partial charge in [0, 0.05) is 27.2 Å². The molecule has 2 aromatic carbocycles. The molecule has 0 fully saturated rings. The lowest BCUT2D eigenvalue weighted by Gasteiger charge is -2.05. The third kappa shape index (κ3) is 5.54. The highest BCUT2D eigenvalue weighted by molar-refractivity contribution is 14.1. The highest BCUT2D eigenvalue weighted by Crippen LogP contribution is 2.15. The van der Waals surface area contributed by atoms with E-state index < -0.39 is 0 Å². The maximum absolute atomic E-state index is 11.8. The first-order valence-corrected chi connectivity index (χ1v) is 8.64. The number of thioether (sulfide) groups is 1. The van der Waals surface area contributed by atoms with Crippen molar-refractivity contribution in [3.63, 3.8) is 0 Å². The van der Waals surface area contributed by atoms with Gasteiger partial charge in [0.25, 0.3) is 0 Å². The summed E-state index contributed by atoms with van der Waals surface area (Å²) in [6.45, 7) is 0. The van der Waals surface area contributed by atoms with Crippen LogP contribution in [0.3, 0.4) is 0 Å². The van der Waals surface area contributed by atoms with Crippen LogP contribution in [0, 0.1) is 3.57 Å². The second kappa shape index (κ2) is 8.32. The van der Waals surface area contributed by atoms with Crippen LogP contribution in [0.5, 0.6) is 0 Å². The van der Waals surface area contributed by atoms with Gasteiger partial charge in [0.05, 0.1) is 0 Å². The van der Waals surface area contributed by atoms with E-state index in [4.69, 9.17) is 0 Å². The summed E-state index contributed by atoms with van der Waals surface area (Å²) >= 11 is 4.02.